The lowest BCUT2D eigenvalue weighted by Gasteiger charge is -2.16. The zero-order valence-electron chi connectivity index (χ0n) is 12.9. The minimum absolute atomic E-state index is 0.373. The first-order valence-electron chi connectivity index (χ1n) is 8.09. The second-order valence-corrected chi connectivity index (χ2v) is 5.33. The Morgan fingerprint density at radius 2 is 1.58 bits per heavy atom. The Bertz CT molecular complexity index is 224. The molecule has 0 aromatic carbocycles. The topological polar surface area (TPSA) is 60.8 Å². The number of rotatable bonds is 14. The van der Waals surface area contributed by atoms with Crippen molar-refractivity contribution in [1.82, 2.24) is 5.32 Å². The third-order valence-electron chi connectivity index (χ3n) is 3.48. The van der Waals surface area contributed by atoms with Crippen molar-refractivity contribution < 1.29 is 0 Å². The molecule has 112 valence electrons. The second kappa shape index (κ2) is 15.3. The Morgan fingerprint density at radius 1 is 0.947 bits per heavy atom. The van der Waals surface area contributed by atoms with Gasteiger partial charge in [-0.2, -0.15) is 0 Å². The second-order valence-electron chi connectivity index (χ2n) is 5.33. The van der Waals surface area contributed by atoms with Crippen LogP contribution in [0.25, 0.3) is 10.4 Å². The van der Waals surface area contributed by atoms with Crippen LogP contribution >= 0.6 is 0 Å². The van der Waals surface area contributed by atoms with Gasteiger partial charge in [-0.3, -0.25) is 0 Å². The van der Waals surface area contributed by atoms with Crippen LogP contribution in [-0.4, -0.2) is 19.1 Å². The van der Waals surface area contributed by atoms with Crippen LogP contribution in [0.1, 0.15) is 78.1 Å². The monoisotopic (exact) mass is 268 g/mol. The molecule has 0 rings (SSSR count). The summed E-state index contributed by atoms with van der Waals surface area (Å²) in [5, 5.41) is 7.21. The maximum atomic E-state index is 8.41. The quantitative estimate of drug-likeness (QED) is 0.200. The number of hydrogen-bond donors (Lipinski definition) is 1. The van der Waals surface area contributed by atoms with Crippen LogP contribution in [0.2, 0.25) is 0 Å². The summed E-state index contributed by atoms with van der Waals surface area (Å²) in [5.74, 6) is 0. The Kier molecular flexibility index (Phi) is 14.7. The van der Waals surface area contributed by atoms with E-state index in [1.807, 2.05) is 0 Å². The van der Waals surface area contributed by atoms with Gasteiger partial charge < -0.3 is 5.32 Å². The lowest BCUT2D eigenvalue weighted by atomic mass is 10.0. The van der Waals surface area contributed by atoms with Gasteiger partial charge in [-0.25, -0.2) is 0 Å². The van der Waals surface area contributed by atoms with Crippen molar-refractivity contribution in [1.29, 1.82) is 0 Å². The number of nitrogens with one attached hydrogen (secondary N) is 1. The molecule has 0 saturated carbocycles. The fraction of sp³-hybridized carbons (Fsp3) is 1.00. The molecule has 1 atom stereocenters. The number of hydrogen-bond acceptors (Lipinski definition) is 2. The van der Waals surface area contributed by atoms with Gasteiger partial charge in [0.1, 0.15) is 0 Å². The van der Waals surface area contributed by atoms with E-state index in [0.29, 0.717) is 12.6 Å². The van der Waals surface area contributed by atoms with Crippen LogP contribution in [0, 0.1) is 0 Å². The molecule has 0 bridgehead atoms. The average Bonchev–Trinajstić information content (AvgIpc) is 2.43. The van der Waals surface area contributed by atoms with E-state index in [2.05, 4.69) is 29.2 Å². The number of azide groups is 1. The molecule has 0 radical (unpaired) electrons. The highest BCUT2D eigenvalue weighted by Crippen LogP contribution is 2.10. The molecule has 0 aliphatic rings. The highest BCUT2D eigenvalue weighted by Gasteiger charge is 2.05. The van der Waals surface area contributed by atoms with Gasteiger partial charge in [0.15, 0.2) is 0 Å². The molecule has 4 heteroatoms. The summed E-state index contributed by atoms with van der Waals surface area (Å²) >= 11 is 0. The van der Waals surface area contributed by atoms with Gasteiger partial charge in [0.05, 0.1) is 0 Å². The molecule has 0 spiro atoms. The highest BCUT2D eigenvalue weighted by molar-refractivity contribution is 4.70. The molecular weight excluding hydrogens is 236 g/mol. The fourth-order valence-corrected chi connectivity index (χ4v) is 2.22. The lowest BCUT2D eigenvalue weighted by Crippen LogP contribution is -2.32. The predicted molar refractivity (Wildman–Crippen MR) is 83.3 cm³/mol. The van der Waals surface area contributed by atoms with E-state index in [1.165, 1.54) is 57.8 Å². The maximum absolute atomic E-state index is 8.41. The number of nitrogens with zero attached hydrogens (tertiary/aromatic N) is 3. The molecule has 0 aromatic rings. The first-order valence-corrected chi connectivity index (χ1v) is 8.09. The van der Waals surface area contributed by atoms with Crippen LogP contribution in [0.5, 0.6) is 0 Å². The summed E-state index contributed by atoms with van der Waals surface area (Å²) in [5.41, 5.74) is 8.41. The Balaban J connectivity index is 3.57. The van der Waals surface area contributed by atoms with Gasteiger partial charge in [-0.1, -0.05) is 70.3 Å². The largest absolute Gasteiger partial charge is 0.314 e. The van der Waals surface area contributed by atoms with Crippen LogP contribution < -0.4 is 5.32 Å². The Hall–Kier alpha value is -0.730. The van der Waals surface area contributed by atoms with Crippen molar-refractivity contribution in [2.75, 3.05) is 13.1 Å². The molecule has 0 heterocycles. The summed E-state index contributed by atoms with van der Waals surface area (Å²) in [7, 11) is 0. The summed E-state index contributed by atoms with van der Waals surface area (Å²) in [6, 6.07) is 0.373. The van der Waals surface area contributed by atoms with E-state index in [4.69, 9.17) is 5.53 Å². The van der Waals surface area contributed by atoms with Crippen LogP contribution in [0.3, 0.4) is 0 Å². The highest BCUT2D eigenvalue weighted by atomic mass is 15.1. The van der Waals surface area contributed by atoms with Crippen molar-refractivity contribution in [3.8, 4) is 0 Å². The summed E-state index contributed by atoms with van der Waals surface area (Å²) in [4.78, 5) is 2.87. The molecule has 0 fully saturated rings. The molecular formula is C15H32N4. The van der Waals surface area contributed by atoms with E-state index >= 15 is 0 Å². The molecule has 0 amide bonds. The van der Waals surface area contributed by atoms with Crippen molar-refractivity contribution in [3.05, 3.63) is 10.4 Å². The van der Waals surface area contributed by atoms with Crippen molar-refractivity contribution in [3.63, 3.8) is 0 Å². The van der Waals surface area contributed by atoms with E-state index in [-0.39, 0.29) is 0 Å². The van der Waals surface area contributed by atoms with Crippen molar-refractivity contribution in [2.45, 2.75) is 84.1 Å². The van der Waals surface area contributed by atoms with Crippen LogP contribution in [0.4, 0.5) is 0 Å². The fourth-order valence-electron chi connectivity index (χ4n) is 2.22. The third-order valence-corrected chi connectivity index (χ3v) is 3.48. The van der Waals surface area contributed by atoms with E-state index in [1.54, 1.807) is 0 Å². The molecule has 0 aliphatic carbocycles. The molecule has 0 aromatic heterocycles. The molecule has 0 saturated heterocycles. The van der Waals surface area contributed by atoms with E-state index in [9.17, 15) is 0 Å². The van der Waals surface area contributed by atoms with Gasteiger partial charge in [0, 0.05) is 17.5 Å². The van der Waals surface area contributed by atoms with Crippen LogP contribution in [-0.2, 0) is 0 Å². The summed E-state index contributed by atoms with van der Waals surface area (Å²) in [6.07, 6.45) is 12.9. The Morgan fingerprint density at radius 3 is 2.21 bits per heavy atom. The summed E-state index contributed by atoms with van der Waals surface area (Å²) in [6.45, 7) is 6.08. The number of unbranched alkanes of at least 4 members (excludes halogenated alkanes) is 7. The normalized spacial score (nSPS) is 12.1. The zero-order valence-corrected chi connectivity index (χ0v) is 12.9. The first kappa shape index (κ1) is 18.3. The summed E-state index contributed by atoms with van der Waals surface area (Å²) < 4.78 is 0. The smallest absolute Gasteiger partial charge is 0.0412 e. The SMILES string of the molecule is CCCCCCCCCC(CN=[N+]=[N-])NCCCC. The molecule has 1 N–H and O–H groups in total. The standard InChI is InChI=1S/C15H32N4/c1-3-5-7-8-9-10-11-12-15(14-18-19-16)17-13-6-4-2/h15,17H,3-14H2,1-2H3. The van der Waals surface area contributed by atoms with Gasteiger partial charge in [0.2, 0.25) is 0 Å². The molecule has 4 nitrogen and oxygen atoms in total. The molecule has 0 aliphatic heterocycles. The van der Waals surface area contributed by atoms with E-state index < -0.39 is 0 Å². The van der Waals surface area contributed by atoms with Crippen molar-refractivity contribution in [2.24, 2.45) is 5.11 Å². The van der Waals surface area contributed by atoms with Crippen molar-refractivity contribution >= 4 is 0 Å². The minimum atomic E-state index is 0.373. The van der Waals surface area contributed by atoms with E-state index in [0.717, 1.165) is 13.0 Å². The maximum Gasteiger partial charge on any atom is 0.0412 e. The van der Waals surface area contributed by atoms with Crippen LogP contribution in [0.15, 0.2) is 5.11 Å². The lowest BCUT2D eigenvalue weighted by molar-refractivity contribution is 0.453. The first-order chi connectivity index (χ1) is 9.35. The zero-order chi connectivity index (χ0) is 14.2. The molecule has 1 unspecified atom stereocenters. The third kappa shape index (κ3) is 13.5. The predicted octanol–water partition coefficient (Wildman–Crippen LogP) is 5.20. The van der Waals surface area contributed by atoms with Gasteiger partial charge in [0.25, 0.3) is 0 Å². The minimum Gasteiger partial charge on any atom is -0.314 e. The van der Waals surface area contributed by atoms with Gasteiger partial charge in [-0.05, 0) is 24.9 Å². The average molecular weight is 268 g/mol. The molecule has 19 heavy (non-hydrogen) atoms. The van der Waals surface area contributed by atoms with Gasteiger partial charge in [-0.15, -0.1) is 0 Å². The Labute approximate surface area is 119 Å². The van der Waals surface area contributed by atoms with Gasteiger partial charge >= 0.3 is 0 Å².